The molecule has 0 aromatic heterocycles. The zero-order valence-electron chi connectivity index (χ0n) is 14.2. The van der Waals surface area contributed by atoms with Crippen molar-refractivity contribution in [2.45, 2.75) is 44.8 Å². The first-order valence-corrected chi connectivity index (χ1v) is 8.89. The monoisotopic (exact) mass is 353 g/mol. The van der Waals surface area contributed by atoms with Crippen LogP contribution >= 0.6 is 11.6 Å². The Labute approximate surface area is 147 Å². The van der Waals surface area contributed by atoms with Gasteiger partial charge in [-0.25, -0.2) is 0 Å². The Morgan fingerprint density at radius 3 is 3.00 bits per heavy atom. The molecule has 0 bridgehead atoms. The number of anilines is 1. The molecule has 0 radical (unpaired) electrons. The maximum atomic E-state index is 12.9. The average molecular weight is 354 g/mol. The lowest BCUT2D eigenvalue weighted by atomic mass is 10.00. The Bertz CT molecular complexity index is 601. The minimum Gasteiger partial charge on any atom is -0.495 e. The van der Waals surface area contributed by atoms with E-state index in [0.29, 0.717) is 23.9 Å². The number of carbonyl (C=O) groups is 1. The summed E-state index contributed by atoms with van der Waals surface area (Å²) in [5.74, 6) is 0.614. The summed E-state index contributed by atoms with van der Waals surface area (Å²) in [6.07, 6.45) is 3.37. The van der Waals surface area contributed by atoms with Gasteiger partial charge in [0.25, 0.3) is 5.91 Å². The van der Waals surface area contributed by atoms with E-state index in [2.05, 4.69) is 0 Å². The van der Waals surface area contributed by atoms with Crippen molar-refractivity contribution in [2.75, 3.05) is 31.8 Å². The lowest BCUT2D eigenvalue weighted by Crippen LogP contribution is -2.43. The van der Waals surface area contributed by atoms with Crippen molar-refractivity contribution in [3.63, 3.8) is 0 Å². The predicted octanol–water partition coefficient (Wildman–Crippen LogP) is 3.21. The van der Waals surface area contributed by atoms with Crippen molar-refractivity contribution in [1.29, 1.82) is 0 Å². The van der Waals surface area contributed by atoms with E-state index in [1.165, 1.54) is 0 Å². The summed E-state index contributed by atoms with van der Waals surface area (Å²) < 4.78 is 16.8. The molecule has 132 valence electrons. The molecule has 6 heteroatoms. The van der Waals surface area contributed by atoms with Gasteiger partial charge in [-0.15, -0.1) is 0 Å². The van der Waals surface area contributed by atoms with Crippen LogP contribution in [0.25, 0.3) is 0 Å². The number of hydrogen-bond donors (Lipinski definition) is 0. The van der Waals surface area contributed by atoms with E-state index in [1.54, 1.807) is 18.9 Å². The van der Waals surface area contributed by atoms with Gasteiger partial charge >= 0.3 is 0 Å². The molecule has 2 aliphatic rings. The highest BCUT2D eigenvalue weighted by Gasteiger charge is 2.31. The number of methoxy groups -OCH3 is 1. The summed E-state index contributed by atoms with van der Waals surface area (Å²) in [7, 11) is 1.61. The third-order valence-corrected chi connectivity index (χ3v) is 5.01. The standard InChI is InChI=1S/C18H24ClNO4/c1-12(24-11-13-5-4-10-23-13)18(21)20-9-3-6-14-15(19)7-8-16(22-2)17(14)20/h7-8,12-13H,3-6,9-11H2,1-2H3. The smallest absolute Gasteiger partial charge is 0.255 e. The van der Waals surface area contributed by atoms with E-state index in [-0.39, 0.29) is 12.0 Å². The molecule has 2 atom stereocenters. The van der Waals surface area contributed by atoms with Gasteiger partial charge in [-0.1, -0.05) is 11.6 Å². The quantitative estimate of drug-likeness (QED) is 0.815. The lowest BCUT2D eigenvalue weighted by molar-refractivity contribution is -0.131. The van der Waals surface area contributed by atoms with Crippen molar-refractivity contribution in [3.8, 4) is 5.75 Å². The van der Waals surface area contributed by atoms with Gasteiger partial charge in [0.15, 0.2) is 0 Å². The number of ether oxygens (including phenoxy) is 3. The minimum absolute atomic E-state index is 0.0606. The highest BCUT2D eigenvalue weighted by atomic mass is 35.5. The van der Waals surface area contributed by atoms with E-state index in [0.717, 1.165) is 43.5 Å². The largest absolute Gasteiger partial charge is 0.495 e. The van der Waals surface area contributed by atoms with Crippen LogP contribution in [0.3, 0.4) is 0 Å². The third-order valence-electron chi connectivity index (χ3n) is 4.66. The van der Waals surface area contributed by atoms with Crippen LogP contribution in [0, 0.1) is 0 Å². The number of amides is 1. The Balaban J connectivity index is 1.75. The SMILES string of the molecule is COc1ccc(Cl)c2c1N(C(=O)C(C)OCC1CCCO1)CCC2. The molecule has 1 saturated heterocycles. The number of nitrogens with zero attached hydrogens (tertiary/aromatic N) is 1. The zero-order valence-corrected chi connectivity index (χ0v) is 15.0. The molecule has 0 spiro atoms. The number of carbonyl (C=O) groups excluding carboxylic acids is 1. The maximum absolute atomic E-state index is 12.9. The summed E-state index contributed by atoms with van der Waals surface area (Å²) in [6, 6.07) is 3.63. The van der Waals surface area contributed by atoms with Crippen molar-refractivity contribution in [3.05, 3.63) is 22.7 Å². The highest BCUT2D eigenvalue weighted by Crippen LogP contribution is 2.40. The molecule has 1 amide bonds. The molecule has 1 fully saturated rings. The molecule has 3 rings (SSSR count). The molecule has 0 saturated carbocycles. The van der Waals surface area contributed by atoms with Crippen molar-refractivity contribution >= 4 is 23.2 Å². The van der Waals surface area contributed by atoms with Crippen molar-refractivity contribution < 1.29 is 19.0 Å². The van der Waals surface area contributed by atoms with Crippen LogP contribution in [0.2, 0.25) is 5.02 Å². The molecule has 2 unspecified atom stereocenters. The van der Waals surface area contributed by atoms with Crippen LogP contribution in [0.15, 0.2) is 12.1 Å². The first-order chi connectivity index (χ1) is 11.6. The van der Waals surface area contributed by atoms with Crippen LogP contribution in [0.5, 0.6) is 5.75 Å². The fourth-order valence-electron chi connectivity index (χ4n) is 3.35. The fraction of sp³-hybridized carbons (Fsp3) is 0.611. The van der Waals surface area contributed by atoms with Gasteiger partial charge in [0.2, 0.25) is 0 Å². The van der Waals surface area contributed by atoms with Gasteiger partial charge in [-0.3, -0.25) is 4.79 Å². The second-order valence-corrected chi connectivity index (χ2v) is 6.69. The topological polar surface area (TPSA) is 48.0 Å². The first-order valence-electron chi connectivity index (χ1n) is 8.51. The Morgan fingerprint density at radius 1 is 1.46 bits per heavy atom. The second kappa shape index (κ2) is 7.72. The van der Waals surface area contributed by atoms with Gasteiger partial charge in [-0.2, -0.15) is 0 Å². The van der Waals surface area contributed by atoms with Gasteiger partial charge < -0.3 is 19.1 Å². The Kier molecular flexibility index (Phi) is 5.64. The van der Waals surface area contributed by atoms with Crippen LogP contribution in [-0.4, -0.2) is 45.0 Å². The van der Waals surface area contributed by atoms with Crippen molar-refractivity contribution in [1.82, 2.24) is 0 Å². The molecule has 2 heterocycles. The lowest BCUT2D eigenvalue weighted by Gasteiger charge is -2.33. The number of halogens is 1. The summed E-state index contributed by atoms with van der Waals surface area (Å²) in [5, 5.41) is 0.677. The molecular weight excluding hydrogens is 330 g/mol. The normalized spacial score (nSPS) is 21.5. The van der Waals surface area contributed by atoms with Gasteiger partial charge in [-0.05, 0) is 50.3 Å². The number of rotatable bonds is 5. The Hall–Kier alpha value is -1.30. The number of benzene rings is 1. The summed E-state index contributed by atoms with van der Waals surface area (Å²) in [5.41, 5.74) is 1.76. The first kappa shape index (κ1) is 17.5. The zero-order chi connectivity index (χ0) is 17.1. The molecule has 24 heavy (non-hydrogen) atoms. The molecule has 5 nitrogen and oxygen atoms in total. The second-order valence-electron chi connectivity index (χ2n) is 6.28. The minimum atomic E-state index is -0.524. The summed E-state index contributed by atoms with van der Waals surface area (Å²) >= 11 is 6.33. The fourth-order valence-corrected chi connectivity index (χ4v) is 3.60. The average Bonchev–Trinajstić information content (AvgIpc) is 3.12. The van der Waals surface area contributed by atoms with Gasteiger partial charge in [0.05, 0.1) is 25.5 Å². The van der Waals surface area contributed by atoms with Crippen molar-refractivity contribution in [2.24, 2.45) is 0 Å². The molecule has 0 N–H and O–H groups in total. The maximum Gasteiger partial charge on any atom is 0.255 e. The van der Waals surface area contributed by atoms with E-state index >= 15 is 0 Å². The molecular formula is C18H24ClNO4. The van der Waals surface area contributed by atoms with Crippen LogP contribution in [0.4, 0.5) is 5.69 Å². The number of hydrogen-bond acceptors (Lipinski definition) is 4. The number of fused-ring (bicyclic) bond motifs is 1. The predicted molar refractivity (Wildman–Crippen MR) is 93.1 cm³/mol. The van der Waals surface area contributed by atoms with Crippen LogP contribution < -0.4 is 9.64 Å². The summed E-state index contributed by atoms with van der Waals surface area (Å²) in [6.45, 7) is 3.69. The third kappa shape index (κ3) is 3.53. The molecule has 2 aliphatic heterocycles. The van der Waals surface area contributed by atoms with E-state index in [1.807, 2.05) is 12.1 Å². The highest BCUT2D eigenvalue weighted by molar-refractivity contribution is 6.32. The van der Waals surface area contributed by atoms with Gasteiger partial charge in [0, 0.05) is 18.2 Å². The van der Waals surface area contributed by atoms with E-state index in [4.69, 9.17) is 25.8 Å². The van der Waals surface area contributed by atoms with Crippen LogP contribution in [0.1, 0.15) is 31.7 Å². The molecule has 1 aromatic rings. The Morgan fingerprint density at radius 2 is 2.29 bits per heavy atom. The van der Waals surface area contributed by atoms with E-state index < -0.39 is 6.10 Å². The summed E-state index contributed by atoms with van der Waals surface area (Å²) in [4.78, 5) is 14.7. The molecule has 0 aliphatic carbocycles. The van der Waals surface area contributed by atoms with E-state index in [9.17, 15) is 4.79 Å². The molecule has 1 aromatic carbocycles. The van der Waals surface area contributed by atoms with Gasteiger partial charge in [0.1, 0.15) is 11.9 Å². The van der Waals surface area contributed by atoms with Crippen LogP contribution in [-0.2, 0) is 20.7 Å².